The summed E-state index contributed by atoms with van der Waals surface area (Å²) >= 11 is 0. The Bertz CT molecular complexity index is 185. The van der Waals surface area contributed by atoms with E-state index in [-0.39, 0.29) is 5.97 Å². The van der Waals surface area contributed by atoms with Crippen LogP contribution in [0, 0.1) is 0 Å². The highest BCUT2D eigenvalue weighted by Gasteiger charge is 2.17. The molecule has 70 valence electrons. The second-order valence-electron chi connectivity index (χ2n) is 2.70. The summed E-state index contributed by atoms with van der Waals surface area (Å²) < 4.78 is 15.5. The van der Waals surface area contributed by atoms with Crippen molar-refractivity contribution < 1.29 is 13.7 Å². The largest absolute Gasteiger partial charge is 0.468 e. The smallest absolute Gasteiger partial charge is 0.319 e. The summed E-state index contributed by atoms with van der Waals surface area (Å²) in [5.41, 5.74) is 0. The van der Waals surface area contributed by atoms with Gasteiger partial charge in [-0.3, -0.25) is 13.9 Å². The minimum Gasteiger partial charge on any atom is -0.468 e. The molecule has 0 aromatic rings. The van der Waals surface area contributed by atoms with E-state index in [4.69, 9.17) is 0 Å². The molecule has 12 heavy (non-hydrogen) atoms. The first-order valence-electron chi connectivity index (χ1n) is 3.86. The summed E-state index contributed by atoms with van der Waals surface area (Å²) in [6, 6.07) is 0. The Morgan fingerprint density at radius 3 is 2.58 bits per heavy atom. The van der Waals surface area contributed by atoms with Gasteiger partial charge in [-0.25, -0.2) is 0 Å². The molecule has 1 rings (SSSR count). The molecule has 0 spiro atoms. The van der Waals surface area contributed by atoms with E-state index in [9.17, 15) is 9.00 Å². The molecule has 0 atom stereocenters. The van der Waals surface area contributed by atoms with Crippen molar-refractivity contribution in [2.24, 2.45) is 0 Å². The van der Waals surface area contributed by atoms with Crippen LogP contribution in [0.2, 0.25) is 0 Å². The number of esters is 1. The monoisotopic (exact) mass is 191 g/mol. The zero-order valence-corrected chi connectivity index (χ0v) is 7.93. The van der Waals surface area contributed by atoms with Crippen molar-refractivity contribution in [2.75, 3.05) is 38.2 Å². The number of hydrogen-bond donors (Lipinski definition) is 0. The number of ether oxygens (including phenoxy) is 1. The first-order chi connectivity index (χ1) is 5.72. The molecule has 0 aromatic carbocycles. The van der Waals surface area contributed by atoms with Crippen LogP contribution < -0.4 is 0 Å². The van der Waals surface area contributed by atoms with Gasteiger partial charge in [-0.1, -0.05) is 0 Å². The van der Waals surface area contributed by atoms with E-state index in [1.54, 1.807) is 0 Å². The Morgan fingerprint density at radius 2 is 2.08 bits per heavy atom. The van der Waals surface area contributed by atoms with E-state index >= 15 is 0 Å². The van der Waals surface area contributed by atoms with Gasteiger partial charge in [-0.2, -0.15) is 0 Å². The minimum absolute atomic E-state index is 0.220. The maximum Gasteiger partial charge on any atom is 0.319 e. The maximum absolute atomic E-state index is 10.9. The van der Waals surface area contributed by atoms with Crippen LogP contribution in [0.4, 0.5) is 0 Å². The molecule has 5 heteroatoms. The molecule has 0 amide bonds. The van der Waals surface area contributed by atoms with Crippen LogP contribution in [-0.2, 0) is 20.3 Å². The number of carbonyl (C=O) groups is 1. The summed E-state index contributed by atoms with van der Waals surface area (Å²) in [5, 5.41) is 0. The Kier molecular flexibility index (Phi) is 3.68. The molecule has 0 bridgehead atoms. The van der Waals surface area contributed by atoms with Crippen LogP contribution >= 0.6 is 0 Å². The van der Waals surface area contributed by atoms with Gasteiger partial charge >= 0.3 is 5.97 Å². The topological polar surface area (TPSA) is 46.6 Å². The van der Waals surface area contributed by atoms with Gasteiger partial charge in [0.25, 0.3) is 0 Å². The fraction of sp³-hybridized carbons (Fsp3) is 0.857. The summed E-state index contributed by atoms with van der Waals surface area (Å²) in [6.07, 6.45) is 0. The van der Waals surface area contributed by atoms with Crippen molar-refractivity contribution in [3.8, 4) is 0 Å². The first-order valence-corrected chi connectivity index (χ1v) is 5.35. The van der Waals surface area contributed by atoms with Gasteiger partial charge in [-0.15, -0.1) is 0 Å². The van der Waals surface area contributed by atoms with Crippen molar-refractivity contribution in [2.45, 2.75) is 0 Å². The summed E-state index contributed by atoms with van der Waals surface area (Å²) in [6.45, 7) is 1.80. The Balaban J connectivity index is 2.26. The second kappa shape index (κ2) is 4.57. The van der Waals surface area contributed by atoms with Crippen molar-refractivity contribution in [1.82, 2.24) is 4.90 Å². The van der Waals surface area contributed by atoms with E-state index < -0.39 is 10.8 Å². The molecule has 0 aromatic heterocycles. The third-order valence-corrected chi connectivity index (χ3v) is 3.13. The van der Waals surface area contributed by atoms with E-state index in [1.165, 1.54) is 7.11 Å². The fourth-order valence-corrected chi connectivity index (χ4v) is 2.21. The molecule has 1 aliphatic heterocycles. The molecule has 0 unspecified atom stereocenters. The van der Waals surface area contributed by atoms with E-state index in [0.717, 1.165) is 13.1 Å². The van der Waals surface area contributed by atoms with Crippen LogP contribution in [-0.4, -0.2) is 53.3 Å². The average molecular weight is 191 g/mol. The molecule has 1 heterocycles. The van der Waals surface area contributed by atoms with Gasteiger partial charge in [0.2, 0.25) is 0 Å². The second-order valence-corrected chi connectivity index (χ2v) is 4.40. The summed E-state index contributed by atoms with van der Waals surface area (Å²) in [4.78, 5) is 12.8. The first kappa shape index (κ1) is 9.67. The molecule has 1 aliphatic rings. The molecule has 0 saturated carbocycles. The maximum atomic E-state index is 10.9. The van der Waals surface area contributed by atoms with Crippen LogP contribution in [0.25, 0.3) is 0 Å². The fourth-order valence-electron chi connectivity index (χ4n) is 1.08. The lowest BCUT2D eigenvalue weighted by atomic mass is 10.4. The number of hydrogen-bond acceptors (Lipinski definition) is 4. The Morgan fingerprint density at radius 1 is 1.50 bits per heavy atom. The van der Waals surface area contributed by atoms with E-state index in [0.29, 0.717) is 18.1 Å². The number of carbonyl (C=O) groups excluding carboxylic acids is 1. The predicted octanol–water partition coefficient (Wildman–Crippen LogP) is -0.776. The van der Waals surface area contributed by atoms with E-state index in [1.807, 2.05) is 4.90 Å². The SMILES string of the molecule is COC(=O)CN1CCS(=O)CC1. The van der Waals surface area contributed by atoms with Gasteiger partial charge in [0.05, 0.1) is 13.7 Å². The molecular weight excluding hydrogens is 178 g/mol. The quantitative estimate of drug-likeness (QED) is 0.537. The molecule has 0 aliphatic carbocycles. The van der Waals surface area contributed by atoms with Gasteiger partial charge in [0, 0.05) is 35.4 Å². The third-order valence-electron chi connectivity index (χ3n) is 1.85. The molecule has 1 fully saturated rings. The van der Waals surface area contributed by atoms with Gasteiger partial charge in [0.15, 0.2) is 0 Å². The number of nitrogens with zero attached hydrogens (tertiary/aromatic N) is 1. The van der Waals surface area contributed by atoms with Crippen LogP contribution in [0.1, 0.15) is 0 Å². The van der Waals surface area contributed by atoms with Gasteiger partial charge in [-0.05, 0) is 0 Å². The third kappa shape index (κ3) is 2.91. The van der Waals surface area contributed by atoms with Crippen molar-refractivity contribution >= 4 is 16.8 Å². The molecule has 4 nitrogen and oxygen atoms in total. The van der Waals surface area contributed by atoms with Crippen LogP contribution in [0.15, 0.2) is 0 Å². The van der Waals surface area contributed by atoms with Crippen molar-refractivity contribution in [3.05, 3.63) is 0 Å². The zero-order valence-electron chi connectivity index (χ0n) is 7.12. The van der Waals surface area contributed by atoms with Gasteiger partial charge < -0.3 is 4.74 Å². The minimum atomic E-state index is -0.671. The normalized spacial score (nSPS) is 20.8. The predicted molar refractivity (Wildman–Crippen MR) is 46.3 cm³/mol. The summed E-state index contributed by atoms with van der Waals surface area (Å²) in [5.74, 6) is 1.14. The number of methoxy groups -OCH3 is 1. The average Bonchev–Trinajstić information content (AvgIpc) is 2.09. The zero-order chi connectivity index (χ0) is 8.97. The lowest BCUT2D eigenvalue weighted by molar-refractivity contribution is -0.141. The van der Waals surface area contributed by atoms with Crippen LogP contribution in [0.5, 0.6) is 0 Å². The Labute approximate surface area is 74.3 Å². The molecule has 1 saturated heterocycles. The standard InChI is InChI=1S/C7H13NO3S/c1-11-7(9)6-8-2-4-12(10)5-3-8/h2-6H2,1H3. The molecule has 0 radical (unpaired) electrons. The van der Waals surface area contributed by atoms with E-state index in [2.05, 4.69) is 4.74 Å². The van der Waals surface area contributed by atoms with Crippen molar-refractivity contribution in [3.63, 3.8) is 0 Å². The van der Waals surface area contributed by atoms with Gasteiger partial charge in [0.1, 0.15) is 0 Å². The highest BCUT2D eigenvalue weighted by Crippen LogP contribution is 1.99. The van der Waals surface area contributed by atoms with Crippen LogP contribution in [0.3, 0.4) is 0 Å². The number of rotatable bonds is 2. The lowest BCUT2D eigenvalue weighted by Gasteiger charge is -2.24. The highest BCUT2D eigenvalue weighted by molar-refractivity contribution is 7.85. The highest BCUT2D eigenvalue weighted by atomic mass is 32.2. The summed E-state index contributed by atoms with van der Waals surface area (Å²) in [7, 11) is 0.708. The van der Waals surface area contributed by atoms with Crippen molar-refractivity contribution in [1.29, 1.82) is 0 Å². The molecular formula is C7H13NO3S. The Hall–Kier alpha value is -0.420. The molecule has 0 N–H and O–H groups in total. The lowest BCUT2D eigenvalue weighted by Crippen LogP contribution is -2.40.